The summed E-state index contributed by atoms with van der Waals surface area (Å²) < 4.78 is 0. The summed E-state index contributed by atoms with van der Waals surface area (Å²) in [4.78, 5) is 17.2. The molecule has 2 rings (SSSR count). The standard InChI is InChI=1S/C13H16N4O2S/c1-8-4-11(20-9(8)2)7-15-13-6-10(17(18)19)5-12(14-3)16-13/h4-6H,7H2,1-3H3,(H2,14,15,16). The molecule has 0 fully saturated rings. The predicted molar refractivity (Wildman–Crippen MR) is 81.6 cm³/mol. The number of nitro groups is 1. The van der Waals surface area contributed by atoms with Gasteiger partial charge in [-0.1, -0.05) is 0 Å². The van der Waals surface area contributed by atoms with Crippen LogP contribution in [0.1, 0.15) is 15.3 Å². The van der Waals surface area contributed by atoms with Crippen LogP contribution in [0.15, 0.2) is 18.2 Å². The fourth-order valence-electron chi connectivity index (χ4n) is 1.75. The molecule has 0 aliphatic heterocycles. The zero-order chi connectivity index (χ0) is 14.7. The summed E-state index contributed by atoms with van der Waals surface area (Å²) >= 11 is 1.71. The van der Waals surface area contributed by atoms with Gasteiger partial charge in [0.05, 0.1) is 23.6 Å². The van der Waals surface area contributed by atoms with Crippen molar-refractivity contribution in [1.82, 2.24) is 4.98 Å². The van der Waals surface area contributed by atoms with Gasteiger partial charge in [0.2, 0.25) is 0 Å². The Morgan fingerprint density at radius 3 is 2.55 bits per heavy atom. The molecule has 2 heterocycles. The molecule has 7 heteroatoms. The van der Waals surface area contributed by atoms with Gasteiger partial charge in [-0.3, -0.25) is 10.1 Å². The van der Waals surface area contributed by atoms with E-state index < -0.39 is 4.92 Å². The third-order valence-corrected chi connectivity index (χ3v) is 4.09. The van der Waals surface area contributed by atoms with Crippen LogP contribution in [0.4, 0.5) is 17.3 Å². The largest absolute Gasteiger partial charge is 0.373 e. The Bertz CT molecular complexity index is 620. The molecule has 0 saturated heterocycles. The molecule has 0 spiro atoms. The van der Waals surface area contributed by atoms with Gasteiger partial charge >= 0.3 is 0 Å². The summed E-state index contributed by atoms with van der Waals surface area (Å²) in [5, 5.41) is 16.8. The second-order valence-electron chi connectivity index (χ2n) is 4.41. The van der Waals surface area contributed by atoms with E-state index in [0.29, 0.717) is 18.2 Å². The fourth-order valence-corrected chi connectivity index (χ4v) is 2.75. The lowest BCUT2D eigenvalue weighted by Crippen LogP contribution is -2.03. The number of pyridine rings is 1. The fraction of sp³-hybridized carbons (Fsp3) is 0.308. The Balaban J connectivity index is 2.16. The normalized spacial score (nSPS) is 10.3. The molecule has 0 bridgehead atoms. The first-order valence-corrected chi connectivity index (χ1v) is 6.95. The molecular formula is C13H16N4O2S. The summed E-state index contributed by atoms with van der Waals surface area (Å²) in [6.07, 6.45) is 0. The number of thiophene rings is 1. The van der Waals surface area contributed by atoms with E-state index in [1.54, 1.807) is 18.4 Å². The van der Waals surface area contributed by atoms with Gasteiger partial charge in [0.25, 0.3) is 5.69 Å². The lowest BCUT2D eigenvalue weighted by molar-refractivity contribution is -0.384. The summed E-state index contributed by atoms with van der Waals surface area (Å²) in [6, 6.07) is 4.96. The van der Waals surface area contributed by atoms with Gasteiger partial charge in [-0.05, 0) is 25.5 Å². The molecule has 2 aromatic heterocycles. The van der Waals surface area contributed by atoms with Crippen molar-refractivity contribution in [2.45, 2.75) is 20.4 Å². The summed E-state index contributed by atoms with van der Waals surface area (Å²) in [7, 11) is 1.68. The monoisotopic (exact) mass is 292 g/mol. The van der Waals surface area contributed by atoms with E-state index in [-0.39, 0.29) is 5.69 Å². The van der Waals surface area contributed by atoms with E-state index in [4.69, 9.17) is 0 Å². The Morgan fingerprint density at radius 1 is 1.30 bits per heavy atom. The molecule has 0 aliphatic rings. The Kier molecular flexibility index (Phi) is 4.19. The second-order valence-corrected chi connectivity index (χ2v) is 5.75. The third kappa shape index (κ3) is 3.24. The van der Waals surface area contributed by atoms with E-state index >= 15 is 0 Å². The van der Waals surface area contributed by atoms with Crippen LogP contribution in [0.5, 0.6) is 0 Å². The highest BCUT2D eigenvalue weighted by Crippen LogP contribution is 2.23. The molecule has 0 saturated carbocycles. The number of nitrogens with zero attached hydrogens (tertiary/aromatic N) is 2. The zero-order valence-electron chi connectivity index (χ0n) is 11.6. The lowest BCUT2D eigenvalue weighted by atomic mass is 10.3. The van der Waals surface area contributed by atoms with E-state index in [0.717, 1.165) is 0 Å². The van der Waals surface area contributed by atoms with Gasteiger partial charge in [-0.25, -0.2) is 4.98 Å². The smallest absolute Gasteiger partial charge is 0.276 e. The van der Waals surface area contributed by atoms with Crippen molar-refractivity contribution in [3.8, 4) is 0 Å². The number of anilines is 2. The van der Waals surface area contributed by atoms with Crippen molar-refractivity contribution in [3.63, 3.8) is 0 Å². The minimum absolute atomic E-state index is 0.0189. The molecule has 0 aromatic carbocycles. The topological polar surface area (TPSA) is 80.1 Å². The second kappa shape index (κ2) is 5.87. The summed E-state index contributed by atoms with van der Waals surface area (Å²) in [6.45, 7) is 4.75. The third-order valence-electron chi connectivity index (χ3n) is 2.94. The predicted octanol–water partition coefficient (Wildman–Crippen LogP) is 3.32. The van der Waals surface area contributed by atoms with Crippen molar-refractivity contribution in [1.29, 1.82) is 0 Å². The number of aromatic nitrogens is 1. The van der Waals surface area contributed by atoms with Crippen molar-refractivity contribution < 1.29 is 4.92 Å². The molecule has 0 amide bonds. The number of hydrogen-bond donors (Lipinski definition) is 2. The van der Waals surface area contributed by atoms with Crippen LogP contribution in [-0.2, 0) is 6.54 Å². The highest BCUT2D eigenvalue weighted by atomic mass is 32.1. The molecule has 6 nitrogen and oxygen atoms in total. The molecule has 2 aromatic rings. The van der Waals surface area contributed by atoms with Crippen LogP contribution in [0.25, 0.3) is 0 Å². The van der Waals surface area contributed by atoms with Crippen LogP contribution >= 0.6 is 11.3 Å². The van der Waals surface area contributed by atoms with E-state index in [2.05, 4.69) is 35.5 Å². The molecule has 0 unspecified atom stereocenters. The zero-order valence-corrected chi connectivity index (χ0v) is 12.4. The average Bonchev–Trinajstić information content (AvgIpc) is 2.75. The highest BCUT2D eigenvalue weighted by molar-refractivity contribution is 7.12. The van der Waals surface area contributed by atoms with Crippen LogP contribution in [0, 0.1) is 24.0 Å². The van der Waals surface area contributed by atoms with Crippen LogP contribution in [0.3, 0.4) is 0 Å². The van der Waals surface area contributed by atoms with Crippen LogP contribution in [-0.4, -0.2) is 17.0 Å². The van der Waals surface area contributed by atoms with Gasteiger partial charge in [0.15, 0.2) is 0 Å². The molecule has 2 N–H and O–H groups in total. The van der Waals surface area contributed by atoms with E-state index in [1.807, 2.05) is 0 Å². The first-order chi connectivity index (χ1) is 9.49. The quantitative estimate of drug-likeness (QED) is 0.652. The minimum Gasteiger partial charge on any atom is -0.373 e. The number of rotatable bonds is 5. The Hall–Kier alpha value is -2.15. The number of aryl methyl sites for hydroxylation is 2. The van der Waals surface area contributed by atoms with Crippen molar-refractivity contribution in [2.24, 2.45) is 0 Å². The summed E-state index contributed by atoms with van der Waals surface area (Å²) in [5.41, 5.74) is 1.28. The van der Waals surface area contributed by atoms with Crippen molar-refractivity contribution in [2.75, 3.05) is 17.7 Å². The SMILES string of the molecule is CNc1cc([N+](=O)[O-])cc(NCc2cc(C)c(C)s2)n1. The molecule has 0 radical (unpaired) electrons. The molecule has 0 aliphatic carbocycles. The Labute approximate surface area is 121 Å². The van der Waals surface area contributed by atoms with Crippen LogP contribution < -0.4 is 10.6 Å². The minimum atomic E-state index is -0.423. The first-order valence-electron chi connectivity index (χ1n) is 6.13. The summed E-state index contributed by atoms with van der Waals surface area (Å²) in [5.74, 6) is 0.965. The van der Waals surface area contributed by atoms with Crippen molar-refractivity contribution in [3.05, 3.63) is 43.6 Å². The maximum Gasteiger partial charge on any atom is 0.276 e. The van der Waals surface area contributed by atoms with Gasteiger partial charge in [-0.2, -0.15) is 0 Å². The molecule has 0 atom stereocenters. The van der Waals surface area contributed by atoms with Gasteiger partial charge in [-0.15, -0.1) is 11.3 Å². The highest BCUT2D eigenvalue weighted by Gasteiger charge is 2.11. The van der Waals surface area contributed by atoms with Gasteiger partial charge in [0, 0.05) is 16.8 Å². The molecule has 20 heavy (non-hydrogen) atoms. The maximum absolute atomic E-state index is 10.9. The van der Waals surface area contributed by atoms with E-state index in [1.165, 1.54) is 27.5 Å². The molecular weight excluding hydrogens is 276 g/mol. The van der Waals surface area contributed by atoms with Gasteiger partial charge < -0.3 is 10.6 Å². The maximum atomic E-state index is 10.9. The number of nitrogens with one attached hydrogen (secondary N) is 2. The Morgan fingerprint density at radius 2 is 2.00 bits per heavy atom. The lowest BCUT2D eigenvalue weighted by Gasteiger charge is -2.06. The van der Waals surface area contributed by atoms with Crippen molar-refractivity contribution >= 4 is 28.7 Å². The van der Waals surface area contributed by atoms with Crippen LogP contribution in [0.2, 0.25) is 0 Å². The van der Waals surface area contributed by atoms with E-state index in [9.17, 15) is 10.1 Å². The number of hydrogen-bond acceptors (Lipinski definition) is 6. The first kappa shape index (κ1) is 14.3. The average molecular weight is 292 g/mol. The van der Waals surface area contributed by atoms with Gasteiger partial charge in [0.1, 0.15) is 11.6 Å². The molecule has 106 valence electrons.